The summed E-state index contributed by atoms with van der Waals surface area (Å²) in [5.41, 5.74) is 0.542. The Bertz CT molecular complexity index is 1120. The molecular formula is C31H44N6O4. The number of amides is 4. The van der Waals surface area contributed by atoms with Crippen LogP contribution in [0, 0.1) is 11.8 Å². The first kappa shape index (κ1) is 28.2. The van der Waals surface area contributed by atoms with Crippen LogP contribution in [0.1, 0.15) is 61.7 Å². The van der Waals surface area contributed by atoms with Crippen LogP contribution in [-0.2, 0) is 14.4 Å². The molecule has 0 unspecified atom stereocenters. The maximum absolute atomic E-state index is 13.6. The molecule has 6 aliphatic heterocycles. The largest absolute Gasteiger partial charge is 0.354 e. The first-order chi connectivity index (χ1) is 20.0. The number of hydrogen-bond donors (Lipinski definition) is 3. The molecule has 0 radical (unpaired) electrons. The third-order valence-corrected chi connectivity index (χ3v) is 10.1. The quantitative estimate of drug-likeness (QED) is 0.469. The topological polar surface area (TPSA) is 114 Å². The molecule has 10 nitrogen and oxygen atoms in total. The van der Waals surface area contributed by atoms with Crippen LogP contribution in [0.3, 0.4) is 0 Å². The summed E-state index contributed by atoms with van der Waals surface area (Å²) in [6.07, 6.45) is 6.30. The lowest BCUT2D eigenvalue weighted by Crippen LogP contribution is -2.53. The molecule has 1 aromatic rings. The van der Waals surface area contributed by atoms with Crippen LogP contribution in [0.2, 0.25) is 0 Å². The lowest BCUT2D eigenvalue weighted by atomic mass is 9.81. The van der Waals surface area contributed by atoms with Crippen LogP contribution in [0.4, 0.5) is 0 Å². The molecule has 6 heterocycles. The fourth-order valence-electron chi connectivity index (χ4n) is 7.85. The first-order valence-electron chi connectivity index (χ1n) is 15.7. The summed E-state index contributed by atoms with van der Waals surface area (Å²) >= 11 is 0. The van der Waals surface area contributed by atoms with E-state index in [1.165, 1.54) is 0 Å². The number of nitrogens with one attached hydrogen (secondary N) is 3. The Labute approximate surface area is 242 Å². The van der Waals surface area contributed by atoms with Gasteiger partial charge in [0.25, 0.3) is 5.91 Å². The minimum atomic E-state index is -0.639. The molecule has 0 saturated carbocycles. The number of carbonyl (C=O) groups is 4. The van der Waals surface area contributed by atoms with Crippen LogP contribution in [-0.4, -0.2) is 108 Å². The lowest BCUT2D eigenvalue weighted by molar-refractivity contribution is -0.135. The van der Waals surface area contributed by atoms with Gasteiger partial charge in [-0.2, -0.15) is 0 Å². The van der Waals surface area contributed by atoms with Gasteiger partial charge in [-0.25, -0.2) is 0 Å². The van der Waals surface area contributed by atoms with Crippen molar-refractivity contribution in [2.24, 2.45) is 11.8 Å². The molecule has 0 spiro atoms. The molecule has 0 aromatic heterocycles. The van der Waals surface area contributed by atoms with Crippen molar-refractivity contribution in [3.05, 3.63) is 35.9 Å². The van der Waals surface area contributed by atoms with Crippen molar-refractivity contribution in [2.75, 3.05) is 45.8 Å². The van der Waals surface area contributed by atoms with Crippen molar-refractivity contribution in [1.29, 1.82) is 0 Å². The molecule has 41 heavy (non-hydrogen) atoms. The molecule has 6 aliphatic rings. The van der Waals surface area contributed by atoms with Crippen molar-refractivity contribution in [3.63, 3.8) is 0 Å². The van der Waals surface area contributed by atoms with Crippen molar-refractivity contribution in [2.45, 2.75) is 75.5 Å². The minimum Gasteiger partial charge on any atom is -0.354 e. The van der Waals surface area contributed by atoms with Gasteiger partial charge in [-0.15, -0.1) is 0 Å². The van der Waals surface area contributed by atoms with E-state index in [0.717, 1.165) is 71.2 Å². The van der Waals surface area contributed by atoms with Crippen molar-refractivity contribution in [3.8, 4) is 0 Å². The molecule has 0 aliphatic carbocycles. The summed E-state index contributed by atoms with van der Waals surface area (Å²) in [5, 5.41) is 9.80. The number of fused-ring (bicyclic) bond motifs is 7. The van der Waals surface area contributed by atoms with Gasteiger partial charge in [-0.05, 0) is 88.5 Å². The summed E-state index contributed by atoms with van der Waals surface area (Å²) in [6.45, 7) is 4.98. The molecule has 4 bridgehead atoms. The Morgan fingerprint density at radius 1 is 0.829 bits per heavy atom. The number of nitrogens with zero attached hydrogens (tertiary/aromatic N) is 3. The van der Waals surface area contributed by atoms with E-state index in [-0.39, 0.29) is 35.7 Å². The van der Waals surface area contributed by atoms with Gasteiger partial charge in [0.15, 0.2) is 0 Å². The summed E-state index contributed by atoms with van der Waals surface area (Å²) in [5.74, 6) is 0.493. The fraction of sp³-hybridized carbons (Fsp3) is 0.677. The van der Waals surface area contributed by atoms with Crippen LogP contribution in [0.15, 0.2) is 30.3 Å². The van der Waals surface area contributed by atoms with Gasteiger partial charge < -0.3 is 25.8 Å². The van der Waals surface area contributed by atoms with E-state index < -0.39 is 6.04 Å². The Morgan fingerprint density at radius 3 is 2.41 bits per heavy atom. The third-order valence-electron chi connectivity index (χ3n) is 10.1. The molecule has 5 atom stereocenters. The van der Waals surface area contributed by atoms with Crippen LogP contribution in [0.5, 0.6) is 0 Å². The van der Waals surface area contributed by atoms with E-state index in [4.69, 9.17) is 0 Å². The van der Waals surface area contributed by atoms with Gasteiger partial charge in [-0.1, -0.05) is 18.2 Å². The number of likely N-dealkylation sites (tertiary alicyclic amines) is 1. The van der Waals surface area contributed by atoms with Crippen molar-refractivity contribution < 1.29 is 19.2 Å². The fourth-order valence-corrected chi connectivity index (χ4v) is 7.85. The Balaban J connectivity index is 1.23. The molecule has 4 amide bonds. The molecule has 1 aromatic carbocycles. The van der Waals surface area contributed by atoms with Crippen molar-refractivity contribution in [1.82, 2.24) is 30.7 Å². The Hall–Kier alpha value is -2.98. The summed E-state index contributed by atoms with van der Waals surface area (Å²) in [7, 11) is 0. The second kappa shape index (κ2) is 12.5. The minimum absolute atomic E-state index is 0.00586. The molecular weight excluding hydrogens is 520 g/mol. The number of benzene rings is 1. The predicted molar refractivity (Wildman–Crippen MR) is 154 cm³/mol. The van der Waals surface area contributed by atoms with Crippen LogP contribution >= 0.6 is 0 Å². The molecule has 222 valence electrons. The van der Waals surface area contributed by atoms with E-state index >= 15 is 0 Å². The molecule has 3 N–H and O–H groups in total. The average Bonchev–Trinajstić information content (AvgIpc) is 3.66. The summed E-state index contributed by atoms with van der Waals surface area (Å²) < 4.78 is 0. The smallest absolute Gasteiger partial charge is 0.254 e. The van der Waals surface area contributed by atoms with Crippen LogP contribution < -0.4 is 16.0 Å². The first-order valence-corrected chi connectivity index (χ1v) is 15.7. The highest BCUT2D eigenvalue weighted by molar-refractivity contribution is 5.98. The SMILES string of the molecule is O=C1NCC[C@H]2CNCC[C@H]2CC(=O)N2CCC(CC2)N2CCC[C@H]2C(=O)N[C@@H]2C[C@H]1N(C(=O)c1ccccc1)C2. The van der Waals surface area contributed by atoms with Crippen LogP contribution in [0.25, 0.3) is 0 Å². The lowest BCUT2D eigenvalue weighted by Gasteiger charge is -2.40. The third kappa shape index (κ3) is 6.14. The zero-order valence-electron chi connectivity index (χ0n) is 23.9. The number of hydrogen-bond acceptors (Lipinski definition) is 6. The number of piperidine rings is 2. The van der Waals surface area contributed by atoms with E-state index in [9.17, 15) is 19.2 Å². The second-order valence-corrected chi connectivity index (χ2v) is 12.6. The molecule has 6 fully saturated rings. The van der Waals surface area contributed by atoms with Crippen molar-refractivity contribution >= 4 is 23.6 Å². The Morgan fingerprint density at radius 2 is 1.61 bits per heavy atom. The van der Waals surface area contributed by atoms with E-state index in [2.05, 4.69) is 20.9 Å². The highest BCUT2D eigenvalue weighted by Gasteiger charge is 2.43. The van der Waals surface area contributed by atoms with Gasteiger partial charge >= 0.3 is 0 Å². The van der Waals surface area contributed by atoms with Gasteiger partial charge in [0.1, 0.15) is 6.04 Å². The van der Waals surface area contributed by atoms with Gasteiger partial charge in [-0.3, -0.25) is 24.1 Å². The second-order valence-electron chi connectivity index (χ2n) is 12.6. The zero-order chi connectivity index (χ0) is 28.3. The highest BCUT2D eigenvalue weighted by Crippen LogP contribution is 2.30. The zero-order valence-corrected chi connectivity index (χ0v) is 23.9. The summed E-state index contributed by atoms with van der Waals surface area (Å²) in [6, 6.07) is 8.23. The Kier molecular flexibility index (Phi) is 8.57. The van der Waals surface area contributed by atoms with Gasteiger partial charge in [0, 0.05) is 50.2 Å². The maximum Gasteiger partial charge on any atom is 0.254 e. The average molecular weight is 565 g/mol. The monoisotopic (exact) mass is 564 g/mol. The maximum atomic E-state index is 13.6. The van der Waals surface area contributed by atoms with Gasteiger partial charge in [0.05, 0.1) is 6.04 Å². The number of carbonyl (C=O) groups excluding carboxylic acids is 4. The summed E-state index contributed by atoms with van der Waals surface area (Å²) in [4.78, 5) is 60.0. The normalized spacial score (nSPS) is 33.7. The molecule has 7 rings (SSSR count). The van der Waals surface area contributed by atoms with E-state index in [0.29, 0.717) is 49.4 Å². The molecule has 10 heteroatoms. The van der Waals surface area contributed by atoms with Gasteiger partial charge in [0.2, 0.25) is 17.7 Å². The molecule has 6 saturated heterocycles. The highest BCUT2D eigenvalue weighted by atomic mass is 16.2. The standard InChI is InChI=1S/C31H44N6O4/c38-28-17-22-8-12-32-19-23(22)9-13-33-29(39)27-18-24(20-37(27)31(41)21-5-2-1-3-6-21)34-30(40)26-7-4-14-36(26)25-10-15-35(28)16-11-25/h1-3,5-6,22-27,32H,4,7-20H2,(H,33,39)(H,34,40)/t22-,23-,24+,26-,27+/m0/s1. The predicted octanol–water partition coefficient (Wildman–Crippen LogP) is 0.977. The number of rotatable bonds is 1. The van der Waals surface area contributed by atoms with E-state index in [1.807, 2.05) is 23.1 Å². The van der Waals surface area contributed by atoms with E-state index in [1.54, 1.807) is 17.0 Å².